The molecule has 0 bridgehead atoms. The van der Waals surface area contributed by atoms with Crippen LogP contribution in [0.4, 0.5) is 10.1 Å². The maximum Gasteiger partial charge on any atom is 0.264 e. The van der Waals surface area contributed by atoms with Gasteiger partial charge in [-0.1, -0.05) is 54.6 Å². The Balaban J connectivity index is 2.00. The Morgan fingerprint density at radius 2 is 1.42 bits per heavy atom. The zero-order valence-corrected chi connectivity index (χ0v) is 21.3. The third-order valence-electron chi connectivity index (χ3n) is 5.55. The number of halogens is 1. The van der Waals surface area contributed by atoms with Gasteiger partial charge in [0.2, 0.25) is 11.8 Å². The molecule has 36 heavy (non-hydrogen) atoms. The molecule has 9 heteroatoms. The topological polar surface area (TPSA) is 86.8 Å². The van der Waals surface area contributed by atoms with Gasteiger partial charge in [-0.3, -0.25) is 13.9 Å². The summed E-state index contributed by atoms with van der Waals surface area (Å²) in [7, 11) is -4.12. The van der Waals surface area contributed by atoms with Crippen molar-refractivity contribution in [1.82, 2.24) is 10.2 Å². The minimum atomic E-state index is -4.12. The summed E-state index contributed by atoms with van der Waals surface area (Å²) >= 11 is 0. The monoisotopic (exact) mass is 511 g/mol. The largest absolute Gasteiger partial charge is 0.352 e. The molecule has 0 aliphatic carbocycles. The Morgan fingerprint density at radius 3 is 2.00 bits per heavy atom. The van der Waals surface area contributed by atoms with Gasteiger partial charge in [-0.2, -0.15) is 0 Å². The summed E-state index contributed by atoms with van der Waals surface area (Å²) in [6, 6.07) is 20.9. The summed E-state index contributed by atoms with van der Waals surface area (Å²) < 4.78 is 42.6. The fourth-order valence-corrected chi connectivity index (χ4v) is 5.08. The van der Waals surface area contributed by atoms with E-state index in [4.69, 9.17) is 0 Å². The molecule has 1 atom stereocenters. The maximum atomic E-state index is 14.5. The first kappa shape index (κ1) is 26.9. The van der Waals surface area contributed by atoms with Crippen LogP contribution in [0.3, 0.4) is 0 Å². The molecule has 2 amide bonds. The highest BCUT2D eigenvalue weighted by Crippen LogP contribution is 2.24. The lowest BCUT2D eigenvalue weighted by atomic mass is 10.1. The number of para-hydroxylation sites is 1. The van der Waals surface area contributed by atoms with Crippen molar-refractivity contribution in [3.63, 3.8) is 0 Å². The van der Waals surface area contributed by atoms with E-state index in [0.717, 1.165) is 4.31 Å². The molecule has 190 valence electrons. The predicted octanol–water partition coefficient (Wildman–Crippen LogP) is 3.96. The number of amides is 2. The van der Waals surface area contributed by atoms with E-state index in [1.807, 2.05) is 0 Å². The number of hydrogen-bond donors (Lipinski definition) is 1. The fourth-order valence-electron chi connectivity index (χ4n) is 3.64. The van der Waals surface area contributed by atoms with Crippen LogP contribution in [-0.4, -0.2) is 43.8 Å². The molecule has 1 N–H and O–H groups in total. The lowest BCUT2D eigenvalue weighted by Crippen LogP contribution is -2.52. The molecule has 3 rings (SSSR count). The SMILES string of the molecule is CC(C)NC(=O)[C@@H](C)N(Cc1ccccc1F)C(=O)CN(c1ccccc1)S(=O)(=O)c1ccccc1. The van der Waals surface area contributed by atoms with Crippen molar-refractivity contribution in [2.24, 2.45) is 0 Å². The maximum absolute atomic E-state index is 14.5. The molecule has 0 unspecified atom stereocenters. The Bertz CT molecular complexity index is 1280. The molecule has 3 aromatic rings. The molecular weight excluding hydrogens is 481 g/mol. The summed E-state index contributed by atoms with van der Waals surface area (Å²) in [5.41, 5.74) is 0.507. The van der Waals surface area contributed by atoms with Crippen molar-refractivity contribution in [3.05, 3.63) is 96.3 Å². The molecule has 7 nitrogen and oxygen atoms in total. The first-order valence-electron chi connectivity index (χ1n) is 11.6. The first-order valence-corrected chi connectivity index (χ1v) is 13.0. The summed E-state index contributed by atoms with van der Waals surface area (Å²) in [6.07, 6.45) is 0. The van der Waals surface area contributed by atoms with Crippen molar-refractivity contribution in [1.29, 1.82) is 0 Å². The van der Waals surface area contributed by atoms with Crippen LogP contribution in [-0.2, 0) is 26.2 Å². The van der Waals surface area contributed by atoms with Gasteiger partial charge in [0.25, 0.3) is 10.0 Å². The number of nitrogens with one attached hydrogen (secondary N) is 1. The highest BCUT2D eigenvalue weighted by Gasteiger charge is 2.32. The van der Waals surface area contributed by atoms with Crippen LogP contribution in [0.25, 0.3) is 0 Å². The van der Waals surface area contributed by atoms with Crippen LogP contribution >= 0.6 is 0 Å². The minimum Gasteiger partial charge on any atom is -0.352 e. The van der Waals surface area contributed by atoms with E-state index in [1.54, 1.807) is 68.4 Å². The molecule has 3 aromatic carbocycles. The lowest BCUT2D eigenvalue weighted by molar-refractivity contribution is -0.139. The average molecular weight is 512 g/mol. The molecule has 0 heterocycles. The summed E-state index contributed by atoms with van der Waals surface area (Å²) in [5.74, 6) is -1.59. The van der Waals surface area contributed by atoms with E-state index < -0.39 is 40.2 Å². The molecule has 0 aromatic heterocycles. The van der Waals surface area contributed by atoms with Gasteiger partial charge in [0.15, 0.2) is 0 Å². The van der Waals surface area contributed by atoms with Gasteiger partial charge in [0.1, 0.15) is 18.4 Å². The van der Waals surface area contributed by atoms with Gasteiger partial charge in [-0.05, 0) is 51.1 Å². The van der Waals surface area contributed by atoms with Gasteiger partial charge in [-0.25, -0.2) is 12.8 Å². The Labute approximate surface area is 211 Å². The molecular formula is C27H30FN3O4S. The Morgan fingerprint density at radius 1 is 0.861 bits per heavy atom. The van der Waals surface area contributed by atoms with Crippen LogP contribution in [0.15, 0.2) is 89.8 Å². The average Bonchev–Trinajstić information content (AvgIpc) is 2.86. The second-order valence-electron chi connectivity index (χ2n) is 8.61. The van der Waals surface area contributed by atoms with Gasteiger partial charge in [0.05, 0.1) is 10.6 Å². The zero-order chi connectivity index (χ0) is 26.3. The van der Waals surface area contributed by atoms with Crippen LogP contribution < -0.4 is 9.62 Å². The van der Waals surface area contributed by atoms with E-state index in [0.29, 0.717) is 5.69 Å². The number of sulfonamides is 1. The summed E-state index contributed by atoms with van der Waals surface area (Å²) in [5, 5.41) is 2.76. The van der Waals surface area contributed by atoms with E-state index in [1.165, 1.54) is 42.2 Å². The van der Waals surface area contributed by atoms with Crippen molar-refractivity contribution < 1.29 is 22.4 Å². The third kappa shape index (κ3) is 6.48. The molecule has 0 saturated carbocycles. The standard InChI is InChI=1S/C27H30FN3O4S/c1-20(2)29-27(33)21(3)30(18-22-12-10-11-17-25(22)28)26(32)19-31(23-13-6-4-7-14-23)36(34,35)24-15-8-5-9-16-24/h4-17,20-21H,18-19H2,1-3H3,(H,29,33)/t21-/m1/s1. The zero-order valence-electron chi connectivity index (χ0n) is 20.5. The molecule has 0 radical (unpaired) electrons. The van der Waals surface area contributed by atoms with Crippen LogP contribution in [0.1, 0.15) is 26.3 Å². The third-order valence-corrected chi connectivity index (χ3v) is 7.34. The summed E-state index contributed by atoms with van der Waals surface area (Å²) in [4.78, 5) is 27.7. The number of hydrogen-bond acceptors (Lipinski definition) is 4. The van der Waals surface area contributed by atoms with Crippen molar-refractivity contribution in [3.8, 4) is 0 Å². The number of carbonyl (C=O) groups is 2. The van der Waals surface area contributed by atoms with E-state index in [-0.39, 0.29) is 23.0 Å². The predicted molar refractivity (Wildman–Crippen MR) is 137 cm³/mol. The van der Waals surface area contributed by atoms with Gasteiger partial charge in [0, 0.05) is 18.2 Å². The van der Waals surface area contributed by atoms with E-state index >= 15 is 0 Å². The lowest BCUT2D eigenvalue weighted by Gasteiger charge is -2.32. The van der Waals surface area contributed by atoms with Gasteiger partial charge < -0.3 is 10.2 Å². The number of anilines is 1. The molecule has 0 aliphatic heterocycles. The highest BCUT2D eigenvalue weighted by molar-refractivity contribution is 7.92. The molecule has 0 spiro atoms. The van der Waals surface area contributed by atoms with Crippen LogP contribution in [0, 0.1) is 5.82 Å². The van der Waals surface area contributed by atoms with Crippen LogP contribution in [0.5, 0.6) is 0 Å². The van der Waals surface area contributed by atoms with Gasteiger partial charge in [-0.15, -0.1) is 0 Å². The second-order valence-corrected chi connectivity index (χ2v) is 10.5. The van der Waals surface area contributed by atoms with Crippen molar-refractivity contribution in [2.45, 2.75) is 44.3 Å². The Kier molecular flexibility index (Phi) is 8.82. The van der Waals surface area contributed by atoms with Gasteiger partial charge >= 0.3 is 0 Å². The Hall–Kier alpha value is -3.72. The summed E-state index contributed by atoms with van der Waals surface area (Å²) in [6.45, 7) is 4.34. The number of carbonyl (C=O) groups excluding carboxylic acids is 2. The number of rotatable bonds is 10. The van der Waals surface area contributed by atoms with Crippen LogP contribution in [0.2, 0.25) is 0 Å². The first-order chi connectivity index (χ1) is 17.1. The fraction of sp³-hybridized carbons (Fsp3) is 0.259. The van der Waals surface area contributed by atoms with Crippen molar-refractivity contribution >= 4 is 27.5 Å². The van der Waals surface area contributed by atoms with Crippen molar-refractivity contribution in [2.75, 3.05) is 10.8 Å². The number of benzene rings is 3. The highest BCUT2D eigenvalue weighted by atomic mass is 32.2. The van der Waals surface area contributed by atoms with E-state index in [2.05, 4.69) is 5.32 Å². The molecule has 0 fully saturated rings. The second kappa shape index (κ2) is 11.8. The molecule has 0 saturated heterocycles. The smallest absolute Gasteiger partial charge is 0.264 e. The number of nitrogens with zero attached hydrogens (tertiary/aromatic N) is 2. The minimum absolute atomic E-state index is 0.0212. The molecule has 0 aliphatic rings. The van der Waals surface area contributed by atoms with E-state index in [9.17, 15) is 22.4 Å². The quantitative estimate of drug-likeness (QED) is 0.446. The normalized spacial score (nSPS) is 12.1.